The number of hydrogen-bond donors (Lipinski definition) is 3. The SMILES string of the molecule is C=CC1C(=O)N/C(=C\C(=C)[C@@H](C)[C@H](CCC)/C(C)=C2/C3NC(/C=C(C)/C(CC)=C(/C)C(=N)C(C)=O)C(C)C3C(=O)C2(C)C)C1C. The fraction of sp³-hybridized carbons (Fsp3) is 0.590. The minimum Gasteiger partial charge on any atom is -0.329 e. The first-order valence-corrected chi connectivity index (χ1v) is 16.8. The third kappa shape index (κ3) is 6.72. The highest BCUT2D eigenvalue weighted by Crippen LogP contribution is 2.53. The lowest BCUT2D eigenvalue weighted by Gasteiger charge is -2.33. The molecule has 3 rings (SSSR count). The van der Waals surface area contributed by atoms with Crippen molar-refractivity contribution in [1.29, 1.82) is 5.41 Å². The van der Waals surface area contributed by atoms with Crippen LogP contribution in [0.4, 0.5) is 0 Å². The summed E-state index contributed by atoms with van der Waals surface area (Å²) in [6.07, 6.45) is 8.68. The zero-order valence-corrected chi connectivity index (χ0v) is 29.6. The molecule has 45 heavy (non-hydrogen) atoms. The fourth-order valence-electron chi connectivity index (χ4n) is 8.32. The zero-order valence-electron chi connectivity index (χ0n) is 29.6. The maximum atomic E-state index is 14.1. The van der Waals surface area contributed by atoms with Crippen molar-refractivity contribution >= 4 is 23.2 Å². The number of hydrogen-bond acceptors (Lipinski definition) is 5. The summed E-state index contributed by atoms with van der Waals surface area (Å²) in [5.74, 6) is 0.139. The smallest absolute Gasteiger partial charge is 0.231 e. The van der Waals surface area contributed by atoms with E-state index in [1.165, 1.54) is 18.1 Å². The molecule has 1 amide bonds. The first kappa shape index (κ1) is 36.3. The van der Waals surface area contributed by atoms with Crippen molar-refractivity contribution in [3.05, 3.63) is 70.5 Å². The molecule has 0 aromatic carbocycles. The van der Waals surface area contributed by atoms with Crippen LogP contribution in [-0.4, -0.2) is 35.3 Å². The molecule has 6 nitrogen and oxygen atoms in total. The Labute approximate surface area is 272 Å². The standard InChI is InChI=1S/C39H57N3O3/c1-14-17-30(22(6)20(4)18-31-23(7)29(16-3)38(45)42-31)24(8)34-36-33(37(44)39(34,12)13)26(10)32(41-36)19-21(5)28(15-2)25(9)35(40)27(11)43/h16,18-19,22-23,26,29-30,32-33,36,40-41H,3-4,14-15,17H2,1-2,5-13H3,(H,42,45)/b21-19+,28-25-,31-18-,34-24-,40-35?/t22-,23?,26?,29?,30+,32?,33?,36?/m1/s1. The predicted octanol–water partition coefficient (Wildman–Crippen LogP) is 7.85. The van der Waals surface area contributed by atoms with Gasteiger partial charge in [-0.1, -0.05) is 76.5 Å². The van der Waals surface area contributed by atoms with Crippen LogP contribution in [-0.2, 0) is 14.4 Å². The van der Waals surface area contributed by atoms with E-state index in [-0.39, 0.29) is 70.8 Å². The molecule has 0 bridgehead atoms. The Kier molecular flexibility index (Phi) is 11.4. The third-order valence-electron chi connectivity index (χ3n) is 11.2. The van der Waals surface area contributed by atoms with Crippen molar-refractivity contribution in [3.8, 4) is 0 Å². The van der Waals surface area contributed by atoms with Crippen molar-refractivity contribution in [3.63, 3.8) is 0 Å². The normalized spacial score (nSPS) is 31.7. The number of nitrogens with one attached hydrogen (secondary N) is 3. The van der Waals surface area contributed by atoms with Gasteiger partial charge in [0.25, 0.3) is 0 Å². The van der Waals surface area contributed by atoms with Gasteiger partial charge >= 0.3 is 0 Å². The Balaban J connectivity index is 2.01. The van der Waals surface area contributed by atoms with Gasteiger partial charge in [-0.3, -0.25) is 19.8 Å². The van der Waals surface area contributed by atoms with E-state index < -0.39 is 5.41 Å². The number of amides is 1. The van der Waals surface area contributed by atoms with Crippen molar-refractivity contribution in [2.24, 2.45) is 40.9 Å². The Hall–Kier alpha value is -3.12. The summed E-state index contributed by atoms with van der Waals surface area (Å²) in [6.45, 7) is 30.7. The van der Waals surface area contributed by atoms with Gasteiger partial charge in [0, 0.05) is 42.0 Å². The first-order valence-electron chi connectivity index (χ1n) is 16.8. The second-order valence-electron chi connectivity index (χ2n) is 14.3. The molecular formula is C39H57N3O3. The van der Waals surface area contributed by atoms with E-state index in [1.807, 2.05) is 13.8 Å². The molecule has 8 atom stereocenters. The summed E-state index contributed by atoms with van der Waals surface area (Å²) < 4.78 is 0. The van der Waals surface area contributed by atoms with Crippen LogP contribution in [0.3, 0.4) is 0 Å². The van der Waals surface area contributed by atoms with Gasteiger partial charge in [0.05, 0.1) is 11.6 Å². The van der Waals surface area contributed by atoms with Crippen LogP contribution in [0.15, 0.2) is 70.5 Å². The van der Waals surface area contributed by atoms with E-state index in [4.69, 9.17) is 5.41 Å². The molecule has 3 aliphatic rings. The summed E-state index contributed by atoms with van der Waals surface area (Å²) in [4.78, 5) is 38.5. The van der Waals surface area contributed by atoms with Crippen molar-refractivity contribution < 1.29 is 14.4 Å². The van der Waals surface area contributed by atoms with E-state index in [2.05, 4.69) is 91.3 Å². The van der Waals surface area contributed by atoms with Crippen LogP contribution >= 0.6 is 0 Å². The van der Waals surface area contributed by atoms with Gasteiger partial charge < -0.3 is 10.6 Å². The number of ketones is 2. The number of allylic oxidation sites excluding steroid dienone is 7. The average Bonchev–Trinajstić information content (AvgIpc) is 3.50. The molecular weight excluding hydrogens is 558 g/mol. The maximum Gasteiger partial charge on any atom is 0.231 e. The van der Waals surface area contributed by atoms with Gasteiger partial charge in [0.1, 0.15) is 5.78 Å². The molecule has 2 heterocycles. The van der Waals surface area contributed by atoms with Gasteiger partial charge in [-0.25, -0.2) is 0 Å². The molecule has 2 saturated heterocycles. The van der Waals surface area contributed by atoms with Gasteiger partial charge in [-0.15, -0.1) is 6.58 Å². The molecule has 246 valence electrons. The molecule has 3 fully saturated rings. The van der Waals surface area contributed by atoms with Gasteiger partial charge in [-0.2, -0.15) is 0 Å². The summed E-state index contributed by atoms with van der Waals surface area (Å²) >= 11 is 0. The third-order valence-corrected chi connectivity index (χ3v) is 11.2. The number of carbonyl (C=O) groups excluding carboxylic acids is 3. The number of Topliss-reactive ketones (excluding diaryl/α,β-unsaturated/α-hetero) is 2. The highest BCUT2D eigenvalue weighted by Gasteiger charge is 2.58. The summed E-state index contributed by atoms with van der Waals surface area (Å²) in [5, 5.41) is 15.2. The fourth-order valence-corrected chi connectivity index (χ4v) is 8.32. The van der Waals surface area contributed by atoms with Gasteiger partial charge in [-0.05, 0) is 88.0 Å². The second-order valence-corrected chi connectivity index (χ2v) is 14.3. The molecule has 6 unspecified atom stereocenters. The molecule has 0 aromatic heterocycles. The Bertz CT molecular complexity index is 1400. The molecule has 0 aromatic rings. The van der Waals surface area contributed by atoms with E-state index in [9.17, 15) is 14.4 Å². The first-order chi connectivity index (χ1) is 21.0. The molecule has 3 N–H and O–H groups in total. The molecule has 0 radical (unpaired) electrons. The molecule has 1 aliphatic carbocycles. The van der Waals surface area contributed by atoms with E-state index in [0.717, 1.165) is 47.3 Å². The lowest BCUT2D eigenvalue weighted by atomic mass is 9.73. The lowest BCUT2D eigenvalue weighted by molar-refractivity contribution is -0.127. The summed E-state index contributed by atoms with van der Waals surface area (Å²) in [6, 6.07) is -0.0568. The highest BCUT2D eigenvalue weighted by atomic mass is 16.2. The van der Waals surface area contributed by atoms with Gasteiger partial charge in [0.2, 0.25) is 5.91 Å². The van der Waals surface area contributed by atoms with Crippen molar-refractivity contribution in [2.75, 3.05) is 0 Å². The second kappa shape index (κ2) is 14.1. The van der Waals surface area contributed by atoms with Crippen LogP contribution in [0.1, 0.15) is 95.4 Å². The summed E-state index contributed by atoms with van der Waals surface area (Å²) in [7, 11) is 0. The van der Waals surface area contributed by atoms with Crippen LogP contribution in [0, 0.1) is 46.3 Å². The largest absolute Gasteiger partial charge is 0.329 e. The van der Waals surface area contributed by atoms with E-state index in [1.54, 1.807) is 6.08 Å². The minimum absolute atomic E-state index is 0.00395. The number of fused-ring (bicyclic) bond motifs is 1. The molecule has 6 heteroatoms. The van der Waals surface area contributed by atoms with Crippen LogP contribution in [0.2, 0.25) is 0 Å². The van der Waals surface area contributed by atoms with E-state index >= 15 is 0 Å². The molecule has 0 spiro atoms. The maximum absolute atomic E-state index is 14.1. The minimum atomic E-state index is -0.581. The monoisotopic (exact) mass is 615 g/mol. The van der Waals surface area contributed by atoms with Crippen LogP contribution in [0.25, 0.3) is 0 Å². The van der Waals surface area contributed by atoms with Gasteiger partial charge in [0.15, 0.2) is 5.78 Å². The number of rotatable bonds is 12. The topological polar surface area (TPSA) is 99.1 Å². The Morgan fingerprint density at radius 3 is 2.24 bits per heavy atom. The predicted molar refractivity (Wildman–Crippen MR) is 186 cm³/mol. The highest BCUT2D eigenvalue weighted by molar-refractivity contribution is 6.44. The Morgan fingerprint density at radius 2 is 1.73 bits per heavy atom. The molecule has 1 saturated carbocycles. The van der Waals surface area contributed by atoms with E-state index in [0.29, 0.717) is 0 Å². The van der Waals surface area contributed by atoms with Crippen molar-refractivity contribution in [1.82, 2.24) is 10.6 Å². The van der Waals surface area contributed by atoms with Crippen LogP contribution < -0.4 is 10.6 Å². The number of carbonyl (C=O) groups is 3. The Morgan fingerprint density at radius 1 is 1.11 bits per heavy atom. The zero-order chi connectivity index (χ0) is 34.1. The van der Waals surface area contributed by atoms with Crippen molar-refractivity contribution in [2.45, 2.75) is 108 Å². The van der Waals surface area contributed by atoms with Crippen LogP contribution in [0.5, 0.6) is 0 Å². The average molecular weight is 616 g/mol. The summed E-state index contributed by atoms with van der Waals surface area (Å²) in [5.41, 5.74) is 6.60. The quantitative estimate of drug-likeness (QED) is 0.118. The lowest BCUT2D eigenvalue weighted by Crippen LogP contribution is -2.35. The molecule has 2 aliphatic heterocycles.